The van der Waals surface area contributed by atoms with E-state index in [1.165, 1.54) is 0 Å². The summed E-state index contributed by atoms with van der Waals surface area (Å²) in [4.78, 5) is 18.4. The Morgan fingerprint density at radius 3 is 1.41 bits per heavy atom. The van der Waals surface area contributed by atoms with Crippen LogP contribution >= 0.6 is 0 Å². The molecule has 4 heterocycles. The van der Waals surface area contributed by atoms with Gasteiger partial charge in [-0.2, -0.15) is 22.9 Å². The van der Waals surface area contributed by atoms with Crippen LogP contribution in [0.15, 0.2) is 104 Å². The van der Waals surface area contributed by atoms with Crippen molar-refractivity contribution in [1.82, 2.24) is 24.5 Å². The molecule has 0 radical (unpaired) electrons. The average Bonchev–Trinajstić information content (AvgIpc) is 3.41. The van der Waals surface area contributed by atoms with Crippen LogP contribution in [0.2, 0.25) is 0 Å². The molecule has 0 fully saturated rings. The molecule has 4 aromatic carbocycles. The molecule has 9 heteroatoms. The molecule has 0 bridgehead atoms. The summed E-state index contributed by atoms with van der Waals surface area (Å²) in [5.74, 6) is 2.65. The number of hydrogen-bond donors (Lipinski definition) is 0. The van der Waals surface area contributed by atoms with Gasteiger partial charge in [-0.25, -0.2) is 9.97 Å². The van der Waals surface area contributed by atoms with Gasteiger partial charge in [-0.05, 0) is 56.3 Å². The second kappa shape index (κ2) is 15.1. The van der Waals surface area contributed by atoms with Crippen LogP contribution in [0.25, 0.3) is 50.3 Å². The quantitative estimate of drug-likeness (QED) is 0.118. The molecule has 0 atom stereocenters. The van der Waals surface area contributed by atoms with Crippen LogP contribution in [-0.2, 0) is 40.8 Å². The molecule has 0 aliphatic carbocycles. The summed E-state index contributed by atoms with van der Waals surface area (Å²) in [6.07, 6.45) is 7.15. The van der Waals surface area contributed by atoms with Crippen molar-refractivity contribution in [1.29, 1.82) is 0 Å². The van der Waals surface area contributed by atoms with E-state index in [4.69, 9.17) is 9.47 Å². The van der Waals surface area contributed by atoms with Gasteiger partial charge in [0.25, 0.3) is 0 Å². The fourth-order valence-electron chi connectivity index (χ4n) is 6.07. The molecular formula is C42H29N5O2Pd2. The number of hydrogen-bond acceptors (Lipinski definition) is 6. The molecule has 4 aromatic heterocycles. The first kappa shape index (κ1) is 35.8. The number of aromatic nitrogens is 5. The monoisotopic (exact) mass is 847 g/mol. The molecule has 0 amide bonds. The average molecular weight is 849 g/mol. The number of nitrogens with zero attached hydrogens (tertiary/aromatic N) is 5. The van der Waals surface area contributed by atoms with Crippen LogP contribution in [0.4, 0.5) is 0 Å². The molecule has 51 heavy (non-hydrogen) atoms. The number of pyridine rings is 2. The minimum Gasteiger partial charge on any atom is -0.503 e. The van der Waals surface area contributed by atoms with Crippen LogP contribution in [0.1, 0.15) is 22.3 Å². The zero-order valence-corrected chi connectivity index (χ0v) is 31.1. The Morgan fingerprint density at radius 2 is 0.961 bits per heavy atom. The molecule has 0 saturated heterocycles. The predicted octanol–water partition coefficient (Wildman–Crippen LogP) is 9.71. The van der Waals surface area contributed by atoms with Crippen LogP contribution in [0, 0.1) is 52.0 Å². The van der Waals surface area contributed by atoms with Crippen LogP contribution in [-0.4, -0.2) is 24.5 Å². The van der Waals surface area contributed by atoms with Gasteiger partial charge in [0.1, 0.15) is 0 Å². The Kier molecular flexibility index (Phi) is 10.6. The summed E-state index contributed by atoms with van der Waals surface area (Å²) in [5, 5.41) is 1.90. The topological polar surface area (TPSA) is 75.0 Å². The van der Waals surface area contributed by atoms with E-state index in [1.54, 1.807) is 18.5 Å². The first-order chi connectivity index (χ1) is 23.9. The van der Waals surface area contributed by atoms with Crippen molar-refractivity contribution >= 4 is 21.8 Å². The predicted molar refractivity (Wildman–Crippen MR) is 190 cm³/mol. The molecule has 8 aromatic rings. The number of rotatable bonds is 7. The van der Waals surface area contributed by atoms with E-state index in [9.17, 15) is 0 Å². The van der Waals surface area contributed by atoms with Crippen molar-refractivity contribution < 1.29 is 50.3 Å². The number of fused-ring (bicyclic) bond motifs is 3. The SMILES string of the molecule is Cc1cnc(-c2[c-]c(Oc3[c-]c4c(cc3)c3ccc(Oc5[c-]c(-c6ncc(C)cc6C)ccc5)[c-]c3n4-c3ncccn3)ccc2)c(C)c1.[Pd+2].[Pd+2]. The number of aryl methyl sites for hydroxylation is 4. The summed E-state index contributed by atoms with van der Waals surface area (Å²) in [7, 11) is 0. The molecule has 7 nitrogen and oxygen atoms in total. The van der Waals surface area contributed by atoms with E-state index in [0.29, 0.717) is 28.9 Å². The summed E-state index contributed by atoms with van der Waals surface area (Å²) in [5.41, 5.74) is 9.34. The Hall–Kier alpha value is -5.02. The fourth-order valence-corrected chi connectivity index (χ4v) is 6.07. The minimum atomic E-state index is 0. The third kappa shape index (κ3) is 7.26. The molecule has 0 saturated carbocycles. The van der Waals surface area contributed by atoms with Gasteiger partial charge in [0.15, 0.2) is 0 Å². The van der Waals surface area contributed by atoms with Gasteiger partial charge in [-0.1, -0.05) is 46.4 Å². The third-order valence-electron chi connectivity index (χ3n) is 8.20. The molecular weight excluding hydrogens is 819 g/mol. The summed E-state index contributed by atoms with van der Waals surface area (Å²) in [6.45, 7) is 8.17. The van der Waals surface area contributed by atoms with Crippen molar-refractivity contribution in [3.63, 3.8) is 0 Å². The van der Waals surface area contributed by atoms with E-state index in [-0.39, 0.29) is 40.8 Å². The van der Waals surface area contributed by atoms with Gasteiger partial charge in [0.2, 0.25) is 5.95 Å². The van der Waals surface area contributed by atoms with Crippen molar-refractivity contribution in [2.75, 3.05) is 0 Å². The Bertz CT molecular complexity index is 2360. The van der Waals surface area contributed by atoms with Crippen molar-refractivity contribution in [3.05, 3.63) is 150 Å². The second-order valence-electron chi connectivity index (χ2n) is 12.0. The first-order valence-electron chi connectivity index (χ1n) is 15.9. The molecule has 0 aliphatic heterocycles. The van der Waals surface area contributed by atoms with Gasteiger partial charge >= 0.3 is 40.8 Å². The maximum atomic E-state index is 6.33. The van der Waals surface area contributed by atoms with E-state index in [0.717, 1.165) is 66.6 Å². The molecule has 8 rings (SSSR count). The van der Waals surface area contributed by atoms with Crippen LogP contribution < -0.4 is 9.47 Å². The van der Waals surface area contributed by atoms with E-state index in [2.05, 4.69) is 70.2 Å². The molecule has 0 aliphatic rings. The number of ether oxygens (including phenoxy) is 2. The van der Waals surface area contributed by atoms with Gasteiger partial charge in [-0.15, -0.1) is 71.8 Å². The first-order valence-corrected chi connectivity index (χ1v) is 15.9. The molecule has 0 N–H and O–H groups in total. The normalized spacial score (nSPS) is 10.8. The van der Waals surface area contributed by atoms with E-state index < -0.39 is 0 Å². The van der Waals surface area contributed by atoms with E-state index in [1.807, 2.05) is 91.5 Å². The largest absolute Gasteiger partial charge is 2.00 e. The maximum Gasteiger partial charge on any atom is 2.00 e. The fraction of sp³-hybridized carbons (Fsp3) is 0.0952. The van der Waals surface area contributed by atoms with Gasteiger partial charge in [-0.3, -0.25) is 0 Å². The molecule has 0 unspecified atom stereocenters. The standard InChI is InChI=1S/C42H29N5O2.2Pd/c1-26-18-28(3)40(45-24-26)30-8-5-10-32(20-30)48-34-12-14-36-37-15-13-35(23-39(37)47(38(36)22-34)42-43-16-7-17-44-42)49-33-11-6-9-31(21-33)41-29(4)19-27(2)25-46-41;;/h5-19,24-25H,1-4H3;;/q-4;2*+2. The third-order valence-corrected chi connectivity index (χ3v) is 8.20. The smallest absolute Gasteiger partial charge is 0.503 e. The zero-order valence-electron chi connectivity index (χ0n) is 28.0. The van der Waals surface area contributed by atoms with Crippen molar-refractivity contribution in [2.45, 2.75) is 27.7 Å². The Labute approximate surface area is 324 Å². The van der Waals surface area contributed by atoms with Crippen LogP contribution in [0.3, 0.4) is 0 Å². The molecule has 254 valence electrons. The Balaban J connectivity index is 0.00000224. The number of benzene rings is 4. The van der Waals surface area contributed by atoms with Gasteiger partial charge < -0.3 is 24.0 Å². The summed E-state index contributed by atoms with van der Waals surface area (Å²) >= 11 is 0. The summed E-state index contributed by atoms with van der Waals surface area (Å²) < 4.78 is 14.6. The van der Waals surface area contributed by atoms with Gasteiger partial charge in [0.05, 0.1) is 0 Å². The summed E-state index contributed by atoms with van der Waals surface area (Å²) in [6, 6.07) is 39.1. The van der Waals surface area contributed by atoms with Crippen molar-refractivity contribution in [2.24, 2.45) is 0 Å². The zero-order chi connectivity index (χ0) is 33.5. The minimum absolute atomic E-state index is 0. The second-order valence-corrected chi connectivity index (χ2v) is 12.0. The molecule has 0 spiro atoms. The maximum absolute atomic E-state index is 6.33. The van der Waals surface area contributed by atoms with Crippen LogP contribution in [0.5, 0.6) is 23.0 Å². The van der Waals surface area contributed by atoms with Gasteiger partial charge in [0, 0.05) is 47.8 Å². The van der Waals surface area contributed by atoms with Crippen molar-refractivity contribution in [3.8, 4) is 51.5 Å². The van der Waals surface area contributed by atoms with E-state index >= 15 is 0 Å². The Morgan fingerprint density at radius 1 is 0.510 bits per heavy atom.